The van der Waals surface area contributed by atoms with Crippen LogP contribution in [0.2, 0.25) is 0 Å². The molecule has 24 heavy (non-hydrogen) atoms. The van der Waals surface area contributed by atoms with Crippen molar-refractivity contribution in [1.29, 1.82) is 0 Å². The maximum Gasteiger partial charge on any atom is 0.348 e. The van der Waals surface area contributed by atoms with E-state index in [-0.39, 0.29) is 0 Å². The minimum atomic E-state index is -0.633. The van der Waals surface area contributed by atoms with Crippen molar-refractivity contribution < 1.29 is 19.1 Å². The standard InChI is InChI=1S/C16H11BN2O4S/c1-22-15(20)13-6-11-12(7-18-8-14(11)24-13)23-10-4-2-9(3-5-10)19-16(17)21/h2-8H,1H3,(H,19,21). The van der Waals surface area contributed by atoms with Gasteiger partial charge in [0.05, 0.1) is 18.0 Å². The number of hydrogen-bond acceptors (Lipinski definition) is 6. The Bertz CT molecular complexity index is 908. The molecule has 0 atom stereocenters. The first-order valence-corrected chi connectivity index (χ1v) is 7.68. The third-order valence-electron chi connectivity index (χ3n) is 3.15. The molecular weight excluding hydrogens is 327 g/mol. The molecule has 0 saturated carbocycles. The third-order valence-corrected chi connectivity index (χ3v) is 4.20. The SMILES string of the molecule is [B]C(=O)Nc1ccc(Oc2cncc3sc(C(=O)OC)cc23)cc1. The zero-order valence-electron chi connectivity index (χ0n) is 12.6. The van der Waals surface area contributed by atoms with E-state index in [1.165, 1.54) is 18.4 Å². The Hall–Kier alpha value is -2.87. The number of anilines is 1. The Morgan fingerprint density at radius 1 is 1.21 bits per heavy atom. The number of thiophene rings is 1. The molecule has 2 heterocycles. The predicted molar refractivity (Wildman–Crippen MR) is 92.2 cm³/mol. The van der Waals surface area contributed by atoms with E-state index >= 15 is 0 Å². The maximum absolute atomic E-state index is 11.7. The lowest BCUT2D eigenvalue weighted by atomic mass is 10.1. The van der Waals surface area contributed by atoms with Gasteiger partial charge in [-0.2, -0.15) is 0 Å². The lowest BCUT2D eigenvalue weighted by molar-refractivity contribution is 0.0606. The van der Waals surface area contributed by atoms with Gasteiger partial charge >= 0.3 is 5.97 Å². The van der Waals surface area contributed by atoms with Gasteiger partial charge in [-0.15, -0.1) is 11.3 Å². The van der Waals surface area contributed by atoms with Crippen LogP contribution in [0.5, 0.6) is 11.5 Å². The highest BCUT2D eigenvalue weighted by Gasteiger charge is 2.14. The smallest absolute Gasteiger partial charge is 0.348 e. The summed E-state index contributed by atoms with van der Waals surface area (Å²) in [6.45, 7) is 0. The molecule has 0 fully saturated rings. The van der Waals surface area contributed by atoms with Gasteiger partial charge in [0.25, 0.3) is 0 Å². The minimum absolute atomic E-state index is 0.399. The Morgan fingerprint density at radius 2 is 1.96 bits per heavy atom. The second kappa shape index (κ2) is 6.71. The van der Waals surface area contributed by atoms with Gasteiger partial charge in [-0.3, -0.25) is 9.78 Å². The van der Waals surface area contributed by atoms with E-state index in [0.717, 1.165) is 10.1 Å². The number of rotatable bonds is 4. The summed E-state index contributed by atoms with van der Waals surface area (Å²) < 4.78 is 11.4. The molecule has 1 N–H and O–H groups in total. The van der Waals surface area contributed by atoms with Crippen LogP contribution >= 0.6 is 11.3 Å². The Labute approximate surface area is 142 Å². The number of ether oxygens (including phenoxy) is 2. The molecule has 1 amide bonds. The predicted octanol–water partition coefficient (Wildman–Crippen LogP) is 3.58. The first-order chi connectivity index (χ1) is 11.6. The summed E-state index contributed by atoms with van der Waals surface area (Å²) in [6.07, 6.45) is 3.24. The van der Waals surface area contributed by atoms with Crippen LogP contribution in [0.25, 0.3) is 10.1 Å². The monoisotopic (exact) mass is 338 g/mol. The summed E-state index contributed by atoms with van der Waals surface area (Å²) in [6, 6.07) is 8.43. The van der Waals surface area contributed by atoms with Crippen LogP contribution in [0.4, 0.5) is 10.5 Å². The number of carbonyl (C=O) groups excluding carboxylic acids is 2. The van der Waals surface area contributed by atoms with E-state index in [1.54, 1.807) is 42.7 Å². The number of nitrogens with zero attached hydrogens (tertiary/aromatic N) is 1. The van der Waals surface area contributed by atoms with Gasteiger partial charge in [0, 0.05) is 17.3 Å². The molecule has 118 valence electrons. The summed E-state index contributed by atoms with van der Waals surface area (Å²) >= 11 is 1.29. The largest absolute Gasteiger partial charge is 0.465 e. The molecular formula is C16H11BN2O4S. The zero-order valence-corrected chi connectivity index (χ0v) is 13.4. The highest BCUT2D eigenvalue weighted by molar-refractivity contribution is 7.20. The summed E-state index contributed by atoms with van der Waals surface area (Å²) in [5.41, 5.74) is 0.565. The first-order valence-electron chi connectivity index (χ1n) is 6.87. The van der Waals surface area contributed by atoms with E-state index < -0.39 is 11.8 Å². The molecule has 3 rings (SSSR count). The number of carbonyl (C=O) groups is 2. The fraction of sp³-hybridized carbons (Fsp3) is 0.0625. The Kier molecular flexibility index (Phi) is 4.48. The average Bonchev–Trinajstić information content (AvgIpc) is 3.01. The normalized spacial score (nSPS) is 10.4. The Morgan fingerprint density at radius 3 is 2.62 bits per heavy atom. The van der Waals surface area contributed by atoms with E-state index in [2.05, 4.69) is 10.3 Å². The summed E-state index contributed by atoms with van der Waals surface area (Å²) in [5.74, 6) is 0.0509. The van der Waals surface area contributed by atoms with E-state index in [0.29, 0.717) is 22.1 Å². The van der Waals surface area contributed by atoms with Crippen molar-refractivity contribution in [3.63, 3.8) is 0 Å². The number of esters is 1. The van der Waals surface area contributed by atoms with Crippen LogP contribution in [-0.2, 0) is 4.74 Å². The van der Waals surface area contributed by atoms with Crippen molar-refractivity contribution in [1.82, 2.24) is 4.98 Å². The number of hydrogen-bond donors (Lipinski definition) is 1. The summed E-state index contributed by atoms with van der Waals surface area (Å²) in [5, 5.41) is 3.24. The molecule has 0 saturated heterocycles. The molecule has 0 aliphatic rings. The molecule has 0 bridgehead atoms. The number of nitrogens with one attached hydrogen (secondary N) is 1. The second-order valence-electron chi connectivity index (χ2n) is 4.77. The van der Waals surface area contributed by atoms with Gasteiger partial charge < -0.3 is 14.8 Å². The number of amides is 1. The van der Waals surface area contributed by atoms with E-state index in [1.807, 2.05) is 0 Å². The maximum atomic E-state index is 11.7. The molecule has 1 aromatic carbocycles. The average molecular weight is 338 g/mol. The van der Waals surface area contributed by atoms with Gasteiger partial charge in [0.1, 0.15) is 10.6 Å². The van der Waals surface area contributed by atoms with Crippen LogP contribution < -0.4 is 10.1 Å². The highest BCUT2D eigenvalue weighted by atomic mass is 32.1. The van der Waals surface area contributed by atoms with Crippen LogP contribution in [0.1, 0.15) is 9.67 Å². The van der Waals surface area contributed by atoms with Crippen LogP contribution in [0, 0.1) is 0 Å². The van der Waals surface area contributed by atoms with E-state index in [4.69, 9.17) is 17.3 Å². The third kappa shape index (κ3) is 3.38. The minimum Gasteiger partial charge on any atom is -0.465 e. The van der Waals surface area contributed by atoms with Gasteiger partial charge in [-0.1, -0.05) is 0 Å². The fourth-order valence-corrected chi connectivity index (χ4v) is 3.06. The van der Waals surface area contributed by atoms with Gasteiger partial charge in [0.2, 0.25) is 7.85 Å². The first kappa shape index (κ1) is 16.0. The summed E-state index contributed by atoms with van der Waals surface area (Å²) in [4.78, 5) is 27.1. The van der Waals surface area contributed by atoms with Crippen LogP contribution in [0.3, 0.4) is 0 Å². The number of methoxy groups -OCH3 is 1. The number of benzene rings is 1. The van der Waals surface area contributed by atoms with Crippen LogP contribution in [0.15, 0.2) is 42.7 Å². The molecule has 0 aliphatic heterocycles. The van der Waals surface area contributed by atoms with Crippen molar-refractivity contribution in [3.05, 3.63) is 47.6 Å². The molecule has 0 spiro atoms. The fourth-order valence-electron chi connectivity index (χ4n) is 2.09. The van der Waals surface area contributed by atoms with Crippen molar-refractivity contribution >= 4 is 46.7 Å². The molecule has 6 nitrogen and oxygen atoms in total. The van der Waals surface area contributed by atoms with Crippen molar-refractivity contribution in [3.8, 4) is 11.5 Å². The second-order valence-corrected chi connectivity index (χ2v) is 5.85. The molecule has 2 radical (unpaired) electrons. The molecule has 2 aromatic heterocycles. The molecule has 0 aliphatic carbocycles. The number of aromatic nitrogens is 1. The quantitative estimate of drug-likeness (QED) is 0.581. The van der Waals surface area contributed by atoms with Crippen molar-refractivity contribution in [2.75, 3.05) is 12.4 Å². The van der Waals surface area contributed by atoms with Gasteiger partial charge in [-0.05, 0) is 30.3 Å². The lowest BCUT2D eigenvalue weighted by Crippen LogP contribution is -2.07. The molecule has 3 aromatic rings. The van der Waals surface area contributed by atoms with Crippen molar-refractivity contribution in [2.45, 2.75) is 0 Å². The molecule has 0 unspecified atom stereocenters. The van der Waals surface area contributed by atoms with Crippen molar-refractivity contribution in [2.24, 2.45) is 0 Å². The lowest BCUT2D eigenvalue weighted by Gasteiger charge is -2.08. The molecule has 8 heteroatoms. The highest BCUT2D eigenvalue weighted by Crippen LogP contribution is 2.34. The van der Waals surface area contributed by atoms with Gasteiger partial charge in [-0.25, -0.2) is 4.79 Å². The van der Waals surface area contributed by atoms with Crippen LogP contribution in [-0.4, -0.2) is 31.7 Å². The summed E-state index contributed by atoms with van der Waals surface area (Å²) in [7, 11) is 6.40. The Balaban J connectivity index is 1.88. The zero-order chi connectivity index (χ0) is 17.1. The number of fused-ring (bicyclic) bond motifs is 1. The van der Waals surface area contributed by atoms with Gasteiger partial charge in [0.15, 0.2) is 11.6 Å². The number of pyridine rings is 1. The van der Waals surface area contributed by atoms with E-state index in [9.17, 15) is 9.59 Å². The topological polar surface area (TPSA) is 77.5 Å².